The molecule has 3 heterocycles. The molecule has 6 rings (SSSR count). The van der Waals surface area contributed by atoms with Crippen molar-refractivity contribution in [2.75, 3.05) is 0 Å². The number of allylic oxidation sites excluding steroid dienone is 1. The van der Waals surface area contributed by atoms with Gasteiger partial charge in [-0.2, -0.15) is 5.10 Å². The first kappa shape index (κ1) is 23.2. The molecule has 7 nitrogen and oxygen atoms in total. The van der Waals surface area contributed by atoms with Gasteiger partial charge in [-0.1, -0.05) is 42.8 Å². The fourth-order valence-electron chi connectivity index (χ4n) is 6.08. The van der Waals surface area contributed by atoms with E-state index < -0.39 is 0 Å². The van der Waals surface area contributed by atoms with Gasteiger partial charge in [0, 0.05) is 12.4 Å². The molecule has 7 heteroatoms. The number of rotatable bonds is 6. The lowest BCUT2D eigenvalue weighted by atomic mass is 9.68. The molecule has 3 atom stereocenters. The van der Waals surface area contributed by atoms with Gasteiger partial charge in [-0.15, -0.1) is 0 Å². The summed E-state index contributed by atoms with van der Waals surface area (Å²) in [5, 5.41) is 7.86. The van der Waals surface area contributed by atoms with Crippen LogP contribution in [-0.4, -0.2) is 25.7 Å². The van der Waals surface area contributed by atoms with Crippen LogP contribution in [0, 0.1) is 11.3 Å². The number of nitrogens with zero attached hydrogens (tertiary/aromatic N) is 3. The van der Waals surface area contributed by atoms with Crippen molar-refractivity contribution in [3.8, 4) is 5.69 Å². The fourth-order valence-corrected chi connectivity index (χ4v) is 6.08. The Bertz CT molecular complexity index is 1520. The van der Waals surface area contributed by atoms with Crippen molar-refractivity contribution in [1.82, 2.24) is 25.1 Å². The Kier molecular flexibility index (Phi) is 5.83. The molecule has 1 unspecified atom stereocenters. The van der Waals surface area contributed by atoms with Gasteiger partial charge in [0.15, 0.2) is 0 Å². The molecule has 1 amide bonds. The summed E-state index contributed by atoms with van der Waals surface area (Å²) in [5.74, 6) is 0.0199. The quantitative estimate of drug-likeness (QED) is 0.402. The number of amides is 1. The molecule has 2 aliphatic carbocycles. The number of benzene rings is 1. The van der Waals surface area contributed by atoms with Gasteiger partial charge >= 0.3 is 0 Å². The number of carbonyl (C=O) groups is 1. The first-order valence-corrected chi connectivity index (χ1v) is 12.7. The lowest BCUT2D eigenvalue weighted by Crippen LogP contribution is -2.36. The number of fused-ring (bicyclic) bond motifs is 2. The van der Waals surface area contributed by atoms with Gasteiger partial charge in [0.25, 0.3) is 11.5 Å². The van der Waals surface area contributed by atoms with Crippen molar-refractivity contribution < 1.29 is 4.79 Å². The molecule has 0 aliphatic heterocycles. The molecular formula is C30H29N5O2. The molecule has 0 radical (unpaired) electrons. The second-order valence-corrected chi connectivity index (χ2v) is 10.3. The number of aromatic nitrogens is 4. The van der Waals surface area contributed by atoms with E-state index in [0.717, 1.165) is 42.6 Å². The average molecular weight is 492 g/mol. The van der Waals surface area contributed by atoms with E-state index >= 15 is 0 Å². The standard InChI is InChI=1S/C30H29N5O2/c1-30-17-21-18-33-35(24-9-5-13-31-19-24)27(21)16-23(30)12-11-22(30)15-26(20-7-3-2-4-8-20)34-29(37)25-10-6-14-32-28(25)36/h2-10,13-14,16,18-19,22,26H,11-12,15,17H2,1H3,(H,32,36)(H,34,37)/t22-,26?,30-/m1/s1. The van der Waals surface area contributed by atoms with Gasteiger partial charge in [-0.3, -0.25) is 14.6 Å². The molecule has 2 N–H and O–H groups in total. The van der Waals surface area contributed by atoms with Crippen LogP contribution in [0.25, 0.3) is 11.8 Å². The van der Waals surface area contributed by atoms with Gasteiger partial charge in [0.1, 0.15) is 5.56 Å². The lowest BCUT2D eigenvalue weighted by Gasteiger charge is -2.37. The summed E-state index contributed by atoms with van der Waals surface area (Å²) in [6.07, 6.45) is 13.2. The van der Waals surface area contributed by atoms with E-state index in [1.807, 2.05) is 59.5 Å². The smallest absolute Gasteiger partial charge is 0.260 e. The zero-order chi connectivity index (χ0) is 25.4. The van der Waals surface area contributed by atoms with Gasteiger partial charge in [0.2, 0.25) is 0 Å². The second kappa shape index (κ2) is 9.32. The zero-order valence-electron chi connectivity index (χ0n) is 20.7. The maximum absolute atomic E-state index is 13.1. The minimum atomic E-state index is -0.379. The van der Waals surface area contributed by atoms with E-state index in [4.69, 9.17) is 0 Å². The van der Waals surface area contributed by atoms with Crippen LogP contribution in [0.15, 0.2) is 89.8 Å². The van der Waals surface area contributed by atoms with Crippen molar-refractivity contribution in [3.05, 3.63) is 118 Å². The summed E-state index contributed by atoms with van der Waals surface area (Å²) >= 11 is 0. The van der Waals surface area contributed by atoms with Gasteiger partial charge in [-0.25, -0.2) is 4.68 Å². The molecule has 3 aromatic heterocycles. The number of nitrogens with one attached hydrogen (secondary N) is 2. The number of pyridine rings is 2. The molecule has 0 bridgehead atoms. The Labute approximate surface area is 215 Å². The van der Waals surface area contributed by atoms with Crippen LogP contribution in [0.1, 0.15) is 59.4 Å². The first-order chi connectivity index (χ1) is 18.0. The SMILES string of the molecule is C[C@]12Cc3cnn(-c4cccnc4)c3C=C1CC[C@@H]2CC(NC(=O)c1ccc[nH]c1=O)c1ccccc1. The highest BCUT2D eigenvalue weighted by molar-refractivity contribution is 5.94. The molecule has 0 saturated heterocycles. The Morgan fingerprint density at radius 1 is 1.16 bits per heavy atom. The van der Waals surface area contributed by atoms with Crippen LogP contribution in [0.4, 0.5) is 0 Å². The summed E-state index contributed by atoms with van der Waals surface area (Å²) in [6, 6.07) is 17.0. The molecule has 2 aliphatic rings. The second-order valence-electron chi connectivity index (χ2n) is 10.3. The van der Waals surface area contributed by atoms with Crippen LogP contribution in [0.3, 0.4) is 0 Å². The maximum atomic E-state index is 13.1. The number of carbonyl (C=O) groups excluding carboxylic acids is 1. The molecule has 1 saturated carbocycles. The van der Waals surface area contributed by atoms with Gasteiger partial charge in [-0.05, 0) is 78.5 Å². The van der Waals surface area contributed by atoms with Crippen molar-refractivity contribution in [2.45, 2.75) is 38.6 Å². The van der Waals surface area contributed by atoms with E-state index in [9.17, 15) is 9.59 Å². The molecule has 186 valence electrons. The molecular weight excluding hydrogens is 462 g/mol. The Morgan fingerprint density at radius 2 is 2.03 bits per heavy atom. The highest BCUT2D eigenvalue weighted by atomic mass is 16.2. The van der Waals surface area contributed by atoms with E-state index in [0.29, 0.717) is 5.92 Å². The van der Waals surface area contributed by atoms with Crippen molar-refractivity contribution in [3.63, 3.8) is 0 Å². The highest BCUT2D eigenvalue weighted by Crippen LogP contribution is 2.55. The summed E-state index contributed by atoms with van der Waals surface area (Å²) < 4.78 is 1.98. The number of hydrogen-bond donors (Lipinski definition) is 2. The number of H-pyrrole nitrogens is 1. The molecule has 37 heavy (non-hydrogen) atoms. The van der Waals surface area contributed by atoms with E-state index in [2.05, 4.69) is 33.4 Å². The minimum absolute atomic E-state index is 0.0161. The van der Waals surface area contributed by atoms with E-state index in [-0.39, 0.29) is 28.5 Å². The first-order valence-electron chi connectivity index (χ1n) is 12.7. The van der Waals surface area contributed by atoms with E-state index in [1.54, 1.807) is 18.3 Å². The largest absolute Gasteiger partial charge is 0.345 e. The Balaban J connectivity index is 1.29. The lowest BCUT2D eigenvalue weighted by molar-refractivity contribution is 0.0922. The molecule has 1 fully saturated rings. The van der Waals surface area contributed by atoms with Gasteiger partial charge < -0.3 is 10.3 Å². The van der Waals surface area contributed by atoms with Crippen LogP contribution in [0.2, 0.25) is 0 Å². The third-order valence-corrected chi connectivity index (χ3v) is 8.13. The normalized spacial score (nSPS) is 21.0. The zero-order valence-corrected chi connectivity index (χ0v) is 20.7. The highest BCUT2D eigenvalue weighted by Gasteiger charge is 2.46. The van der Waals surface area contributed by atoms with Crippen LogP contribution < -0.4 is 10.9 Å². The van der Waals surface area contributed by atoms with Crippen molar-refractivity contribution in [2.24, 2.45) is 11.3 Å². The van der Waals surface area contributed by atoms with Crippen LogP contribution in [-0.2, 0) is 6.42 Å². The predicted molar refractivity (Wildman–Crippen MR) is 142 cm³/mol. The third-order valence-electron chi connectivity index (χ3n) is 8.13. The third kappa shape index (κ3) is 4.20. The Morgan fingerprint density at radius 3 is 2.81 bits per heavy atom. The van der Waals surface area contributed by atoms with Crippen LogP contribution in [0.5, 0.6) is 0 Å². The number of hydrogen-bond acceptors (Lipinski definition) is 4. The Hall–Kier alpha value is -4.26. The molecule has 1 aromatic carbocycles. The predicted octanol–water partition coefficient (Wildman–Crippen LogP) is 4.87. The van der Waals surface area contributed by atoms with Crippen molar-refractivity contribution in [1.29, 1.82) is 0 Å². The molecule has 4 aromatic rings. The summed E-state index contributed by atoms with van der Waals surface area (Å²) in [7, 11) is 0. The summed E-state index contributed by atoms with van der Waals surface area (Å²) in [5.41, 5.74) is 5.55. The van der Waals surface area contributed by atoms with Crippen molar-refractivity contribution >= 4 is 12.0 Å². The maximum Gasteiger partial charge on any atom is 0.260 e. The monoisotopic (exact) mass is 491 g/mol. The average Bonchev–Trinajstić information content (AvgIpc) is 3.47. The summed E-state index contributed by atoms with van der Waals surface area (Å²) in [6.45, 7) is 2.35. The van der Waals surface area contributed by atoms with E-state index in [1.165, 1.54) is 17.3 Å². The fraction of sp³-hybridized carbons (Fsp3) is 0.267. The minimum Gasteiger partial charge on any atom is -0.345 e. The van der Waals surface area contributed by atoms with Crippen LogP contribution >= 0.6 is 0 Å². The summed E-state index contributed by atoms with van der Waals surface area (Å²) in [4.78, 5) is 32.2. The number of aromatic amines is 1. The topological polar surface area (TPSA) is 92.7 Å². The molecule has 0 spiro atoms. The van der Waals surface area contributed by atoms with Gasteiger partial charge in [0.05, 0.1) is 29.8 Å².